The largest absolute Gasteiger partial charge is 0.341 e. The highest BCUT2D eigenvalue weighted by Gasteiger charge is 2.47. The number of amides is 4. The molecule has 4 amide bonds. The summed E-state index contributed by atoms with van der Waals surface area (Å²) in [5.41, 5.74) is 2.99. The highest BCUT2D eigenvalue weighted by molar-refractivity contribution is 6.30. The van der Waals surface area contributed by atoms with Crippen LogP contribution in [0.15, 0.2) is 65.9 Å². The van der Waals surface area contributed by atoms with Gasteiger partial charge in [-0.25, -0.2) is 4.79 Å². The summed E-state index contributed by atoms with van der Waals surface area (Å²) >= 11 is 6.08. The average molecular weight is 493 g/mol. The lowest BCUT2D eigenvalue weighted by molar-refractivity contribution is -0.142. The number of carbonyl (C=O) groups is 3. The number of likely N-dealkylation sites (N-methyl/N-ethyl adjacent to an activating group) is 1. The summed E-state index contributed by atoms with van der Waals surface area (Å²) in [7, 11) is 0. The molecule has 0 bridgehead atoms. The first-order valence-electron chi connectivity index (χ1n) is 12.2. The molecule has 0 saturated carbocycles. The molecule has 8 heteroatoms. The van der Waals surface area contributed by atoms with Crippen molar-refractivity contribution < 1.29 is 14.4 Å². The fourth-order valence-electron chi connectivity index (χ4n) is 5.32. The Bertz CT molecular complexity index is 1160. The zero-order valence-corrected chi connectivity index (χ0v) is 20.5. The van der Waals surface area contributed by atoms with E-state index in [1.807, 2.05) is 54.3 Å². The van der Waals surface area contributed by atoms with Gasteiger partial charge in [-0.3, -0.25) is 14.5 Å². The molecule has 1 saturated heterocycles. The van der Waals surface area contributed by atoms with Crippen molar-refractivity contribution in [2.24, 2.45) is 0 Å². The molecular formula is C27H29ClN4O3. The van der Waals surface area contributed by atoms with Crippen LogP contribution in [0.25, 0.3) is 0 Å². The van der Waals surface area contributed by atoms with Gasteiger partial charge in [0.1, 0.15) is 6.04 Å². The van der Waals surface area contributed by atoms with Gasteiger partial charge in [0, 0.05) is 31.1 Å². The maximum absolute atomic E-state index is 14.0. The second-order valence-corrected chi connectivity index (χ2v) is 9.65. The van der Waals surface area contributed by atoms with Gasteiger partial charge in [-0.15, -0.1) is 0 Å². The van der Waals surface area contributed by atoms with Crippen LogP contribution in [0.2, 0.25) is 5.02 Å². The third-order valence-electron chi connectivity index (χ3n) is 7.12. The Morgan fingerprint density at radius 1 is 1.06 bits per heavy atom. The Hall–Kier alpha value is -3.32. The zero-order valence-electron chi connectivity index (χ0n) is 19.7. The van der Waals surface area contributed by atoms with Gasteiger partial charge >= 0.3 is 6.03 Å². The van der Waals surface area contributed by atoms with Gasteiger partial charge in [0.2, 0.25) is 5.91 Å². The quantitative estimate of drug-likeness (QED) is 0.667. The number of carbonyl (C=O) groups excluding carboxylic acids is 3. The molecule has 3 aliphatic heterocycles. The third kappa shape index (κ3) is 4.41. The maximum atomic E-state index is 14.0. The van der Waals surface area contributed by atoms with E-state index in [1.54, 1.807) is 21.9 Å². The van der Waals surface area contributed by atoms with Crippen molar-refractivity contribution in [1.29, 1.82) is 0 Å². The minimum absolute atomic E-state index is 0.0232. The fourth-order valence-corrected chi connectivity index (χ4v) is 5.45. The Morgan fingerprint density at radius 3 is 2.40 bits per heavy atom. The molecule has 0 radical (unpaired) electrons. The first-order chi connectivity index (χ1) is 17.0. The van der Waals surface area contributed by atoms with E-state index in [2.05, 4.69) is 5.32 Å². The Morgan fingerprint density at radius 2 is 1.74 bits per heavy atom. The van der Waals surface area contributed by atoms with Crippen LogP contribution < -0.4 is 5.32 Å². The number of nitrogens with one attached hydrogen (secondary N) is 1. The van der Waals surface area contributed by atoms with Crippen molar-refractivity contribution in [3.05, 3.63) is 82.0 Å². The molecule has 0 aromatic heterocycles. The number of nitrogens with zero attached hydrogens (tertiary/aromatic N) is 3. The first-order valence-corrected chi connectivity index (χ1v) is 12.6. The summed E-state index contributed by atoms with van der Waals surface area (Å²) in [6, 6.07) is 15.5. The molecule has 0 spiro atoms. The van der Waals surface area contributed by atoms with E-state index in [0.717, 1.165) is 24.0 Å². The summed E-state index contributed by atoms with van der Waals surface area (Å²) < 4.78 is 0. The highest BCUT2D eigenvalue weighted by Crippen LogP contribution is 2.38. The maximum Gasteiger partial charge on any atom is 0.322 e. The predicted molar refractivity (Wildman–Crippen MR) is 134 cm³/mol. The lowest BCUT2D eigenvalue weighted by atomic mass is 9.95. The van der Waals surface area contributed by atoms with E-state index in [1.165, 1.54) is 0 Å². The van der Waals surface area contributed by atoms with Gasteiger partial charge in [0.05, 0.1) is 23.9 Å². The van der Waals surface area contributed by atoms with E-state index >= 15 is 0 Å². The van der Waals surface area contributed by atoms with Gasteiger partial charge in [-0.2, -0.15) is 0 Å². The molecule has 2 aromatic carbocycles. The van der Waals surface area contributed by atoms with E-state index < -0.39 is 12.1 Å². The summed E-state index contributed by atoms with van der Waals surface area (Å²) in [5, 5.41) is 3.57. The van der Waals surface area contributed by atoms with Crippen LogP contribution in [0.3, 0.4) is 0 Å². The minimum atomic E-state index is -0.631. The number of rotatable bonds is 6. The Balaban J connectivity index is 1.52. The van der Waals surface area contributed by atoms with Crippen molar-refractivity contribution in [3.63, 3.8) is 0 Å². The molecule has 0 aliphatic carbocycles. The van der Waals surface area contributed by atoms with Gasteiger partial charge in [-0.1, -0.05) is 54.1 Å². The Labute approximate surface area is 210 Å². The molecule has 35 heavy (non-hydrogen) atoms. The SMILES string of the molecule is CCN1C(=O)NC(c2ccc(Cl)cc2)C2=C1CN(C(Cc1ccccc1)C(=O)N1CCCC1)C2=O. The number of hydrogen-bond donors (Lipinski definition) is 1. The molecular weight excluding hydrogens is 464 g/mol. The molecule has 182 valence electrons. The van der Waals surface area contributed by atoms with Crippen LogP contribution in [0.4, 0.5) is 4.79 Å². The van der Waals surface area contributed by atoms with E-state index in [-0.39, 0.29) is 24.4 Å². The highest BCUT2D eigenvalue weighted by atomic mass is 35.5. The molecule has 1 fully saturated rings. The van der Waals surface area contributed by atoms with Crippen molar-refractivity contribution in [2.45, 2.75) is 38.3 Å². The molecule has 7 nitrogen and oxygen atoms in total. The van der Waals surface area contributed by atoms with Gasteiger partial charge in [-0.05, 0) is 43.0 Å². The summed E-state index contributed by atoms with van der Waals surface area (Å²) in [6.07, 6.45) is 2.39. The monoisotopic (exact) mass is 492 g/mol. The summed E-state index contributed by atoms with van der Waals surface area (Å²) in [4.78, 5) is 45.8. The van der Waals surface area contributed by atoms with Crippen molar-refractivity contribution in [2.75, 3.05) is 26.2 Å². The number of hydrogen-bond acceptors (Lipinski definition) is 3. The predicted octanol–water partition coefficient (Wildman–Crippen LogP) is 3.76. The molecule has 2 aromatic rings. The van der Waals surface area contributed by atoms with Crippen LogP contribution in [0.5, 0.6) is 0 Å². The molecule has 1 N–H and O–H groups in total. The lowest BCUT2D eigenvalue weighted by Crippen LogP contribution is -2.50. The second kappa shape index (κ2) is 9.74. The summed E-state index contributed by atoms with van der Waals surface area (Å²) in [6.45, 7) is 3.98. The number of urea groups is 1. The van der Waals surface area contributed by atoms with Crippen molar-refractivity contribution in [1.82, 2.24) is 20.0 Å². The van der Waals surface area contributed by atoms with Crippen molar-refractivity contribution >= 4 is 29.4 Å². The van der Waals surface area contributed by atoms with Crippen LogP contribution in [0.1, 0.15) is 36.9 Å². The number of halogens is 1. The Kier molecular flexibility index (Phi) is 6.52. The molecule has 2 unspecified atom stereocenters. The van der Waals surface area contributed by atoms with Gasteiger partial charge in [0.25, 0.3) is 5.91 Å². The second-order valence-electron chi connectivity index (χ2n) is 9.21. The topological polar surface area (TPSA) is 73.0 Å². The normalized spacial score (nSPS) is 20.9. The smallest absolute Gasteiger partial charge is 0.322 e. The van der Waals surface area contributed by atoms with Crippen LogP contribution >= 0.6 is 11.6 Å². The minimum Gasteiger partial charge on any atom is -0.341 e. The molecule has 2 atom stereocenters. The third-order valence-corrected chi connectivity index (χ3v) is 7.37. The van der Waals surface area contributed by atoms with Gasteiger partial charge in [0.15, 0.2) is 0 Å². The van der Waals surface area contributed by atoms with E-state index in [0.29, 0.717) is 42.3 Å². The van der Waals surface area contributed by atoms with E-state index in [4.69, 9.17) is 11.6 Å². The van der Waals surface area contributed by atoms with Crippen LogP contribution in [-0.2, 0) is 16.0 Å². The average Bonchev–Trinajstić information content (AvgIpc) is 3.52. The molecule has 3 aliphatic rings. The number of likely N-dealkylation sites (tertiary alicyclic amines) is 1. The van der Waals surface area contributed by atoms with Crippen LogP contribution in [-0.4, -0.2) is 64.8 Å². The standard InChI is InChI=1S/C27H29ClN4O3/c1-2-31-22-17-32(21(16-18-8-4-3-5-9-18)25(33)30-14-6-7-15-30)26(34)23(22)24(29-27(31)35)19-10-12-20(28)13-11-19/h3-5,8-13,21,24H,2,6-7,14-17H2,1H3,(H,29,35). The van der Waals surface area contributed by atoms with Gasteiger partial charge < -0.3 is 15.1 Å². The van der Waals surface area contributed by atoms with Crippen molar-refractivity contribution in [3.8, 4) is 0 Å². The number of benzene rings is 2. The molecule has 3 heterocycles. The fraction of sp³-hybridized carbons (Fsp3) is 0.370. The van der Waals surface area contributed by atoms with E-state index in [9.17, 15) is 14.4 Å². The zero-order chi connectivity index (χ0) is 24.5. The lowest BCUT2D eigenvalue weighted by Gasteiger charge is -2.33. The first kappa shape index (κ1) is 23.4. The summed E-state index contributed by atoms with van der Waals surface area (Å²) in [5.74, 6) is -0.225. The molecule has 5 rings (SSSR count). The van der Waals surface area contributed by atoms with Crippen LogP contribution in [0, 0.1) is 0 Å².